The Bertz CT molecular complexity index is 897. The van der Waals surface area contributed by atoms with Crippen LogP contribution in [-0.4, -0.2) is 25.7 Å². The highest BCUT2D eigenvalue weighted by Crippen LogP contribution is 2.24. The van der Waals surface area contributed by atoms with Gasteiger partial charge in [-0.1, -0.05) is 50.6 Å². The number of rotatable bonds is 9. The number of amides is 1. The molecule has 0 atom stereocenters. The maximum Gasteiger partial charge on any atom is 0.224 e. The van der Waals surface area contributed by atoms with Gasteiger partial charge in [0.25, 0.3) is 0 Å². The first-order chi connectivity index (χ1) is 13.1. The van der Waals surface area contributed by atoms with E-state index in [0.717, 1.165) is 29.8 Å². The zero-order chi connectivity index (χ0) is 19.2. The maximum atomic E-state index is 12.1. The number of aryl methyl sites for hydroxylation is 1. The van der Waals surface area contributed by atoms with Crippen LogP contribution in [0.1, 0.15) is 57.6 Å². The van der Waals surface area contributed by atoms with Gasteiger partial charge in [-0.25, -0.2) is 4.98 Å². The average molecular weight is 388 g/mol. The Morgan fingerprint density at radius 1 is 1.15 bits per heavy atom. The first kappa shape index (κ1) is 19.4. The summed E-state index contributed by atoms with van der Waals surface area (Å²) in [5, 5.41) is 11.0. The van der Waals surface area contributed by atoms with Crippen molar-refractivity contribution in [2.75, 3.05) is 5.32 Å². The molecule has 0 aliphatic rings. The van der Waals surface area contributed by atoms with E-state index in [-0.39, 0.29) is 5.91 Å². The lowest BCUT2D eigenvalue weighted by atomic mass is 10.1. The second kappa shape index (κ2) is 9.04. The second-order valence-corrected chi connectivity index (χ2v) is 7.24. The smallest absolute Gasteiger partial charge is 0.224 e. The van der Waals surface area contributed by atoms with Gasteiger partial charge in [-0.15, -0.1) is 5.10 Å². The summed E-state index contributed by atoms with van der Waals surface area (Å²) in [6.45, 7) is 4.08. The van der Waals surface area contributed by atoms with E-state index in [2.05, 4.69) is 27.4 Å². The van der Waals surface area contributed by atoms with Gasteiger partial charge in [0.05, 0.1) is 5.69 Å². The van der Waals surface area contributed by atoms with E-state index in [1.807, 2.05) is 31.2 Å². The van der Waals surface area contributed by atoms with Gasteiger partial charge in [-0.2, -0.15) is 4.63 Å². The Labute approximate surface area is 164 Å². The van der Waals surface area contributed by atoms with Crippen LogP contribution in [0.25, 0.3) is 17.0 Å². The van der Waals surface area contributed by atoms with Crippen molar-refractivity contribution in [3.8, 4) is 11.4 Å². The minimum Gasteiger partial charge on any atom is -0.326 e. The number of H-pyrrole nitrogens is 1. The fraction of sp³-hybridized carbons (Fsp3) is 0.450. The first-order valence-corrected chi connectivity index (χ1v) is 9.97. The minimum atomic E-state index is 0.0638. The molecule has 144 valence electrons. The molecule has 2 aromatic heterocycles. The number of halogens is 1. The number of anilines is 1. The lowest BCUT2D eigenvalue weighted by Gasteiger charge is -2.06. The van der Waals surface area contributed by atoms with Crippen LogP contribution in [0.3, 0.4) is 0 Å². The van der Waals surface area contributed by atoms with Crippen LogP contribution < -0.4 is 5.32 Å². The zero-order valence-electron chi connectivity index (χ0n) is 15.9. The van der Waals surface area contributed by atoms with Crippen LogP contribution in [0.5, 0.6) is 0 Å². The number of carbonyl (C=O) groups is 1. The minimum absolute atomic E-state index is 0.0638. The predicted octanol–water partition coefficient (Wildman–Crippen LogP) is 5.38. The maximum absolute atomic E-state index is 12.1. The number of nitrogens with one attached hydrogen (secondary N) is 2. The quantitative estimate of drug-likeness (QED) is 0.484. The van der Waals surface area contributed by atoms with Gasteiger partial charge < -0.3 is 5.32 Å². The Hall–Kier alpha value is -2.34. The summed E-state index contributed by atoms with van der Waals surface area (Å²) in [6.07, 6.45) is 7.63. The van der Waals surface area contributed by atoms with Crippen molar-refractivity contribution in [3.63, 3.8) is 0 Å². The monoisotopic (exact) mass is 387 g/mol. The summed E-state index contributed by atoms with van der Waals surface area (Å²) < 4.78 is 1.57. The molecule has 0 spiro atoms. The van der Waals surface area contributed by atoms with Crippen molar-refractivity contribution in [2.24, 2.45) is 0 Å². The number of fused-ring (bicyclic) bond motifs is 1. The number of aromatic amines is 1. The van der Waals surface area contributed by atoms with Crippen molar-refractivity contribution in [1.82, 2.24) is 19.8 Å². The fourth-order valence-corrected chi connectivity index (χ4v) is 3.19. The number of hydrogen-bond acceptors (Lipinski definition) is 3. The van der Waals surface area contributed by atoms with E-state index in [1.165, 1.54) is 25.7 Å². The molecule has 7 heteroatoms. The van der Waals surface area contributed by atoms with Gasteiger partial charge in [0.1, 0.15) is 5.02 Å². The van der Waals surface area contributed by atoms with Crippen molar-refractivity contribution in [2.45, 2.75) is 58.8 Å². The highest BCUT2D eigenvalue weighted by molar-refractivity contribution is 6.34. The molecular formula is C20H26ClN5O. The SMILES string of the molecule is CCCCCCCCC(=O)Nc1ccc(-c2nc3c(Cl)c(C)[nH]n3n2)cc1. The third-order valence-electron chi connectivity index (χ3n) is 4.59. The standard InChI is InChI=1S/C20H26ClN5O/c1-3-4-5-6-7-8-9-17(27)22-16-12-10-15(11-13-16)19-23-20-18(21)14(2)24-26(20)25-19/h10-13,24H,3-9H2,1-2H3,(H,22,27). The van der Waals surface area contributed by atoms with Crippen molar-refractivity contribution < 1.29 is 4.79 Å². The van der Waals surface area contributed by atoms with Gasteiger partial charge in [-0.05, 0) is 37.6 Å². The lowest BCUT2D eigenvalue weighted by Crippen LogP contribution is -2.10. The summed E-state index contributed by atoms with van der Waals surface area (Å²) in [7, 11) is 0. The molecule has 0 aliphatic carbocycles. The first-order valence-electron chi connectivity index (χ1n) is 9.59. The predicted molar refractivity (Wildman–Crippen MR) is 109 cm³/mol. The second-order valence-electron chi connectivity index (χ2n) is 6.86. The molecule has 0 bridgehead atoms. The largest absolute Gasteiger partial charge is 0.326 e. The Balaban J connectivity index is 1.52. The van der Waals surface area contributed by atoms with Crippen LogP contribution in [0.15, 0.2) is 24.3 Å². The normalized spacial score (nSPS) is 11.2. The highest BCUT2D eigenvalue weighted by Gasteiger charge is 2.13. The third-order valence-corrected chi connectivity index (χ3v) is 5.04. The van der Waals surface area contributed by atoms with Crippen LogP contribution in [0, 0.1) is 6.92 Å². The number of hydrogen-bond donors (Lipinski definition) is 2. The molecule has 27 heavy (non-hydrogen) atoms. The summed E-state index contributed by atoms with van der Waals surface area (Å²) in [4.78, 5) is 16.5. The van der Waals surface area contributed by atoms with Crippen LogP contribution >= 0.6 is 11.6 Å². The van der Waals surface area contributed by atoms with E-state index in [4.69, 9.17) is 11.6 Å². The molecule has 3 aromatic rings. The number of carbonyl (C=O) groups excluding carboxylic acids is 1. The molecule has 2 N–H and O–H groups in total. The topological polar surface area (TPSA) is 75.1 Å². The van der Waals surface area contributed by atoms with E-state index in [0.29, 0.717) is 22.9 Å². The van der Waals surface area contributed by atoms with E-state index in [9.17, 15) is 4.79 Å². The van der Waals surface area contributed by atoms with Gasteiger partial charge in [0.15, 0.2) is 11.5 Å². The summed E-state index contributed by atoms with van der Waals surface area (Å²) in [6, 6.07) is 7.54. The molecule has 2 heterocycles. The number of benzene rings is 1. The fourth-order valence-electron chi connectivity index (χ4n) is 3.02. The third kappa shape index (κ3) is 4.89. The van der Waals surface area contributed by atoms with Crippen LogP contribution in [0.4, 0.5) is 5.69 Å². The number of aromatic nitrogens is 4. The van der Waals surface area contributed by atoms with Gasteiger partial charge in [0, 0.05) is 17.7 Å². The van der Waals surface area contributed by atoms with E-state index >= 15 is 0 Å². The Kier molecular flexibility index (Phi) is 6.50. The van der Waals surface area contributed by atoms with E-state index < -0.39 is 0 Å². The highest BCUT2D eigenvalue weighted by atomic mass is 35.5. The summed E-state index contributed by atoms with van der Waals surface area (Å²) in [5.41, 5.74) is 3.10. The molecule has 6 nitrogen and oxygen atoms in total. The molecule has 0 saturated heterocycles. The van der Waals surface area contributed by atoms with Gasteiger partial charge >= 0.3 is 0 Å². The van der Waals surface area contributed by atoms with Crippen molar-refractivity contribution >= 4 is 28.8 Å². The van der Waals surface area contributed by atoms with Crippen LogP contribution in [-0.2, 0) is 4.79 Å². The molecule has 0 saturated carbocycles. The average Bonchev–Trinajstić information content (AvgIpc) is 3.18. The van der Waals surface area contributed by atoms with Crippen molar-refractivity contribution in [1.29, 1.82) is 0 Å². The van der Waals surface area contributed by atoms with Crippen LogP contribution in [0.2, 0.25) is 5.02 Å². The van der Waals surface area contributed by atoms with Gasteiger partial charge in [-0.3, -0.25) is 9.89 Å². The number of nitrogens with zero attached hydrogens (tertiary/aromatic N) is 3. The lowest BCUT2D eigenvalue weighted by molar-refractivity contribution is -0.116. The number of unbranched alkanes of at least 4 members (excludes halogenated alkanes) is 5. The Morgan fingerprint density at radius 3 is 2.56 bits per heavy atom. The molecule has 1 aromatic carbocycles. The molecule has 0 aliphatic heterocycles. The van der Waals surface area contributed by atoms with E-state index in [1.54, 1.807) is 4.63 Å². The van der Waals surface area contributed by atoms with Gasteiger partial charge in [0.2, 0.25) is 5.91 Å². The Morgan fingerprint density at radius 2 is 1.85 bits per heavy atom. The molecular weight excluding hydrogens is 362 g/mol. The molecule has 0 unspecified atom stereocenters. The molecule has 3 rings (SSSR count). The molecule has 1 amide bonds. The molecule has 0 fully saturated rings. The summed E-state index contributed by atoms with van der Waals surface area (Å²) in [5.74, 6) is 0.655. The zero-order valence-corrected chi connectivity index (χ0v) is 16.6. The molecule has 0 radical (unpaired) electrons. The summed E-state index contributed by atoms with van der Waals surface area (Å²) >= 11 is 6.20. The van der Waals surface area contributed by atoms with Crippen molar-refractivity contribution in [3.05, 3.63) is 35.0 Å².